The second-order valence-electron chi connectivity index (χ2n) is 6.44. The van der Waals surface area contributed by atoms with Gasteiger partial charge in [-0.1, -0.05) is 18.2 Å². The largest absolute Gasteiger partial charge is 3.00 e. The number of phenolic OH excluding ortho intramolecular Hbond substituents is 6. The van der Waals surface area contributed by atoms with Gasteiger partial charge in [0.15, 0.2) is 17.2 Å². The summed E-state index contributed by atoms with van der Waals surface area (Å²) in [5, 5.41) is 79.2. The number of carbonyl (C=O) groups is 3. The molecule has 0 bridgehead atoms. The first-order chi connectivity index (χ1) is 16.6. The van der Waals surface area contributed by atoms with Crippen molar-refractivity contribution in [1.82, 2.24) is 0 Å². The second-order valence-corrected chi connectivity index (χ2v) is 7.76. The number of hydrogen-bond acceptors (Lipinski definition) is 12. The van der Waals surface area contributed by atoms with E-state index in [1.54, 1.807) is 0 Å². The Hall–Kier alpha value is -1.82. The molecule has 2 radical (unpaired) electrons. The molecule has 19 heteroatoms. The van der Waals surface area contributed by atoms with Gasteiger partial charge in [0.1, 0.15) is 17.2 Å². The maximum Gasteiger partial charge on any atom is 3.00 e. The van der Waals surface area contributed by atoms with Gasteiger partial charge in [-0.25, -0.2) is 14.4 Å². The van der Waals surface area contributed by atoms with Crippen molar-refractivity contribution in [2.24, 2.45) is 0 Å². The predicted molar refractivity (Wildman–Crippen MR) is 140 cm³/mol. The van der Waals surface area contributed by atoms with E-state index in [4.69, 9.17) is 46.0 Å². The summed E-state index contributed by atoms with van der Waals surface area (Å²) in [4.78, 5) is 30.9. The van der Waals surface area contributed by atoms with Gasteiger partial charge in [-0.15, -0.1) is 14.7 Å². The molecule has 0 aliphatic rings. The van der Waals surface area contributed by atoms with Crippen LogP contribution in [0.3, 0.4) is 0 Å². The van der Waals surface area contributed by atoms with Crippen LogP contribution in [0.5, 0.6) is 34.5 Å². The molecule has 0 unspecified atom stereocenters. The van der Waals surface area contributed by atoms with E-state index in [2.05, 4.69) is 37.9 Å². The van der Waals surface area contributed by atoms with Crippen molar-refractivity contribution in [3.63, 3.8) is 0 Å². The number of phenols is 6. The van der Waals surface area contributed by atoms with E-state index in [9.17, 15) is 14.4 Å². The molecule has 3 rings (SSSR count). The summed E-state index contributed by atoms with van der Waals surface area (Å²) in [5.41, 5.74) is -0.430. The maximum absolute atomic E-state index is 10.4. The zero-order chi connectivity index (χ0) is 27.9. The third kappa shape index (κ3) is 13.2. The molecule has 0 amide bonds. The van der Waals surface area contributed by atoms with Crippen LogP contribution in [-0.4, -0.2) is 88.3 Å². The van der Waals surface area contributed by atoms with E-state index < -0.39 is 52.4 Å². The van der Waals surface area contributed by atoms with Crippen LogP contribution >= 0.6 is 0 Å². The predicted octanol–water partition coefficient (Wildman–Crippen LogP) is 1.72. The molecule has 40 heavy (non-hydrogen) atoms. The molecule has 0 aliphatic carbocycles. The Morgan fingerprint density at radius 2 is 0.650 bits per heavy atom. The molecule has 0 spiro atoms. The van der Waals surface area contributed by atoms with Crippen molar-refractivity contribution in [2.45, 2.75) is 14.7 Å². The fraction of sp³-hybridized carbons (Fsp3) is 0. The van der Waals surface area contributed by atoms with Gasteiger partial charge in [-0.3, -0.25) is 0 Å². The van der Waals surface area contributed by atoms with Gasteiger partial charge in [-0.2, -0.15) is 0 Å². The number of rotatable bonds is 3. The van der Waals surface area contributed by atoms with Gasteiger partial charge >= 0.3 is 87.1 Å². The van der Waals surface area contributed by atoms with Crippen LogP contribution in [0.25, 0.3) is 0 Å². The van der Waals surface area contributed by atoms with Crippen molar-refractivity contribution in [3.8, 4) is 34.5 Å². The summed E-state index contributed by atoms with van der Waals surface area (Å²) < 4.78 is 0. The zero-order valence-corrected chi connectivity index (χ0v) is 27.7. The van der Waals surface area contributed by atoms with Gasteiger partial charge in [0.05, 0.1) is 16.7 Å². The number of carboxylic acids is 3. The molecule has 0 atom stereocenters. The van der Waals surface area contributed by atoms with Gasteiger partial charge in [0, 0.05) is 0 Å². The molecule has 0 aromatic heterocycles. The second kappa shape index (κ2) is 20.1. The van der Waals surface area contributed by atoms with Crippen molar-refractivity contribution in [1.29, 1.82) is 0 Å². The Kier molecular flexibility index (Phi) is 22.7. The smallest absolute Gasteiger partial charge is 2.00 e. The molecule has 0 saturated heterocycles. The van der Waals surface area contributed by atoms with Crippen LogP contribution in [0.15, 0.2) is 51.1 Å². The summed E-state index contributed by atoms with van der Waals surface area (Å²) >= 11 is 13.7. The standard InChI is InChI=1S/3C7H6O4S.2Ag.S.Sb/c3*8-4-1-3(7(10)11)2-5(12)6(4)9;;;;/h3*1-2,8-9,12H,(H,10,11);;;;/q;;;2*+1;-2;+3/p-3. The van der Waals surface area contributed by atoms with Crippen molar-refractivity contribution < 1.29 is 105 Å². The molecule has 0 saturated carbocycles. The summed E-state index contributed by atoms with van der Waals surface area (Å²) in [6.07, 6.45) is 0. The quantitative estimate of drug-likeness (QED) is 0.103. The molecule has 3 aromatic rings. The molecule has 0 fully saturated rings. The summed E-state index contributed by atoms with van der Waals surface area (Å²) in [7, 11) is 0. The van der Waals surface area contributed by atoms with E-state index in [-0.39, 0.29) is 114 Å². The van der Waals surface area contributed by atoms with Crippen molar-refractivity contribution >= 4 is 93.7 Å². The minimum Gasteiger partial charge on any atom is -2.00 e. The van der Waals surface area contributed by atoms with Crippen molar-refractivity contribution in [2.75, 3.05) is 0 Å². The Labute approximate surface area is 298 Å². The number of aromatic carboxylic acids is 3. The van der Waals surface area contributed by atoms with Gasteiger partial charge < -0.3 is 97.3 Å². The SMILES string of the molecule is O=C(O)c1cc(O)c(O)c([S-])c1.O=C(O)c1cc(O)c(O)c([S-])c1.O=C(O)c1cc(O)c(O)c([S-])c1.[Ag+].[Ag+].[S-2].[Sb+3]. The molecule has 0 aliphatic heterocycles. The van der Waals surface area contributed by atoms with Gasteiger partial charge in [-0.05, 0) is 18.2 Å². The number of carboxylic acid groups (broad SMARTS) is 3. The van der Waals surface area contributed by atoms with Crippen LogP contribution in [0.4, 0.5) is 0 Å². The van der Waals surface area contributed by atoms with Crippen LogP contribution in [0.1, 0.15) is 31.1 Å². The Bertz CT molecular complexity index is 1120. The van der Waals surface area contributed by atoms with E-state index in [0.29, 0.717) is 0 Å². The van der Waals surface area contributed by atoms with Crippen LogP contribution in [-0.2, 0) is 96.1 Å². The first kappa shape index (κ1) is 45.2. The molecular formula is C21H15Ag2O12S4Sb. The third-order valence-electron chi connectivity index (χ3n) is 3.91. The average molecular weight is 925 g/mol. The van der Waals surface area contributed by atoms with Crippen molar-refractivity contribution in [3.05, 3.63) is 53.1 Å². The average Bonchev–Trinajstić information content (AvgIpc) is 2.79. The first-order valence-corrected chi connectivity index (χ1v) is 10.2. The van der Waals surface area contributed by atoms with Crippen LogP contribution < -0.4 is 0 Å². The first-order valence-electron chi connectivity index (χ1n) is 8.95. The topological polar surface area (TPSA) is 233 Å². The minimum atomic E-state index is -1.20. The van der Waals surface area contributed by atoms with Crippen LogP contribution in [0, 0.1) is 0 Å². The van der Waals surface area contributed by atoms with Gasteiger partial charge in [0.2, 0.25) is 0 Å². The maximum atomic E-state index is 10.4. The van der Waals surface area contributed by atoms with Gasteiger partial charge in [0.25, 0.3) is 0 Å². The Morgan fingerprint density at radius 1 is 0.475 bits per heavy atom. The monoisotopic (exact) mass is 922 g/mol. The zero-order valence-electron chi connectivity index (χ0n) is 18.9. The number of hydrogen-bond donors (Lipinski definition) is 9. The fourth-order valence-corrected chi connectivity index (χ4v) is 2.84. The fourth-order valence-electron chi connectivity index (χ4n) is 2.15. The number of aromatic hydroxyl groups is 6. The molecule has 12 nitrogen and oxygen atoms in total. The third-order valence-corrected chi connectivity index (χ3v) is 4.84. The summed E-state index contributed by atoms with van der Waals surface area (Å²) in [6, 6.07) is 6.13. The van der Waals surface area contributed by atoms with E-state index in [1.807, 2.05) is 0 Å². The Balaban J connectivity index is -0.000000231. The minimum absolute atomic E-state index is 0. The molecule has 222 valence electrons. The van der Waals surface area contributed by atoms with E-state index >= 15 is 0 Å². The molecule has 9 N–H and O–H groups in total. The molecule has 0 heterocycles. The van der Waals surface area contributed by atoms with E-state index in [0.717, 1.165) is 36.4 Å². The number of benzene rings is 3. The van der Waals surface area contributed by atoms with Crippen LogP contribution in [0.2, 0.25) is 0 Å². The molecular weight excluding hydrogens is 910 g/mol. The summed E-state index contributed by atoms with van der Waals surface area (Å²) in [5.74, 6) is -6.52. The normalized spacial score (nSPS) is 8.70. The Morgan fingerprint density at radius 3 is 0.775 bits per heavy atom. The summed E-state index contributed by atoms with van der Waals surface area (Å²) in [6.45, 7) is 0. The molecule has 3 aromatic carbocycles. The van der Waals surface area contributed by atoms with E-state index in [1.165, 1.54) is 0 Å².